The molecule has 27 heavy (non-hydrogen) atoms. The molecular formula is C18H16N4O4S. The lowest BCUT2D eigenvalue weighted by Gasteiger charge is -2.09. The van der Waals surface area contributed by atoms with Gasteiger partial charge in [-0.1, -0.05) is 0 Å². The minimum atomic E-state index is -1.00. The minimum Gasteiger partial charge on any atom is -0.508 e. The number of hydrogen-bond donors (Lipinski definition) is 4. The second-order valence-corrected chi connectivity index (χ2v) is 7.03. The second kappa shape index (κ2) is 7.88. The number of aromatic hydroxyl groups is 2. The number of hydrogen-bond acceptors (Lipinski definition) is 7. The molecule has 0 saturated carbocycles. The van der Waals surface area contributed by atoms with Gasteiger partial charge < -0.3 is 15.5 Å². The molecule has 1 aliphatic carbocycles. The summed E-state index contributed by atoms with van der Waals surface area (Å²) >= 11 is 1.33. The summed E-state index contributed by atoms with van der Waals surface area (Å²) in [6.07, 6.45) is 4.87. The third-order valence-electron chi connectivity index (χ3n) is 4.10. The summed E-state index contributed by atoms with van der Waals surface area (Å²) < 4.78 is 0. The summed E-state index contributed by atoms with van der Waals surface area (Å²) in [4.78, 5) is 25.0. The fraction of sp³-hybridized carbons (Fsp3) is 0.222. The fourth-order valence-electron chi connectivity index (χ4n) is 2.78. The molecule has 1 aromatic carbocycles. The summed E-state index contributed by atoms with van der Waals surface area (Å²) in [6, 6.07) is 5.98. The maximum absolute atomic E-state index is 12.1. The van der Waals surface area contributed by atoms with E-state index in [2.05, 4.69) is 21.9 Å². The van der Waals surface area contributed by atoms with E-state index in [0.717, 1.165) is 48.4 Å². The molecule has 0 bridgehead atoms. The Morgan fingerprint density at radius 1 is 1.22 bits per heavy atom. The number of phenolic OH excluding ortho intramolecular Hbond substituents is 2. The van der Waals surface area contributed by atoms with Gasteiger partial charge in [-0.3, -0.25) is 9.59 Å². The summed E-state index contributed by atoms with van der Waals surface area (Å²) in [5, 5.41) is 34.7. The van der Waals surface area contributed by atoms with Crippen molar-refractivity contribution in [2.24, 2.45) is 5.10 Å². The van der Waals surface area contributed by atoms with Crippen molar-refractivity contribution in [2.75, 3.05) is 5.32 Å². The van der Waals surface area contributed by atoms with Gasteiger partial charge in [0.25, 0.3) is 0 Å². The maximum atomic E-state index is 12.1. The predicted molar refractivity (Wildman–Crippen MR) is 99.8 cm³/mol. The van der Waals surface area contributed by atoms with E-state index in [0.29, 0.717) is 10.6 Å². The van der Waals surface area contributed by atoms with Crippen LogP contribution in [0.15, 0.2) is 23.3 Å². The number of anilines is 1. The summed E-state index contributed by atoms with van der Waals surface area (Å²) in [7, 11) is 0. The highest BCUT2D eigenvalue weighted by atomic mass is 32.1. The van der Waals surface area contributed by atoms with Gasteiger partial charge in [-0.05, 0) is 43.4 Å². The largest absolute Gasteiger partial charge is 0.508 e. The molecule has 0 unspecified atom stereocenters. The van der Waals surface area contributed by atoms with Gasteiger partial charge in [0.2, 0.25) is 0 Å². The van der Waals surface area contributed by atoms with Crippen molar-refractivity contribution in [1.82, 2.24) is 5.43 Å². The van der Waals surface area contributed by atoms with Gasteiger partial charge in [0.1, 0.15) is 22.6 Å². The minimum absolute atomic E-state index is 0.111. The van der Waals surface area contributed by atoms with Crippen LogP contribution in [0.1, 0.15) is 34.4 Å². The molecular weight excluding hydrogens is 368 g/mol. The molecule has 0 saturated heterocycles. The Morgan fingerprint density at radius 2 is 2.00 bits per heavy atom. The Labute approximate surface area is 158 Å². The number of benzene rings is 1. The Balaban J connectivity index is 1.65. The van der Waals surface area contributed by atoms with E-state index in [9.17, 15) is 25.1 Å². The van der Waals surface area contributed by atoms with Gasteiger partial charge in [0, 0.05) is 16.5 Å². The Morgan fingerprint density at radius 3 is 2.74 bits per heavy atom. The smallest absolute Gasteiger partial charge is 0.329 e. The first-order valence-electron chi connectivity index (χ1n) is 8.20. The number of thiophene rings is 1. The van der Waals surface area contributed by atoms with E-state index in [4.69, 9.17) is 0 Å². The van der Waals surface area contributed by atoms with Crippen molar-refractivity contribution < 1.29 is 19.8 Å². The monoisotopic (exact) mass is 384 g/mol. The Bertz CT molecular complexity index is 974. The quantitative estimate of drug-likeness (QED) is 0.365. The highest BCUT2D eigenvalue weighted by Gasteiger charge is 2.23. The predicted octanol–water partition coefficient (Wildman–Crippen LogP) is 2.00. The van der Waals surface area contributed by atoms with Gasteiger partial charge >= 0.3 is 11.8 Å². The number of carbonyl (C=O) groups is 2. The number of nitrogens with zero attached hydrogens (tertiary/aromatic N) is 2. The molecule has 0 aliphatic heterocycles. The van der Waals surface area contributed by atoms with Crippen LogP contribution in [0, 0.1) is 11.3 Å². The van der Waals surface area contributed by atoms with Crippen LogP contribution in [0.25, 0.3) is 0 Å². The molecule has 1 heterocycles. The van der Waals surface area contributed by atoms with E-state index in [1.165, 1.54) is 23.5 Å². The van der Waals surface area contributed by atoms with E-state index in [1.54, 1.807) is 0 Å². The standard InChI is InChI=1S/C18H16N4O4S/c19-8-13-12-3-1-2-4-15(12)27-18(13)21-16(25)17(26)22-20-9-10-5-6-11(23)7-14(10)24/h5-7,9,23-24H,1-4H2,(H,21,25)(H,22,26)/b20-9-. The molecule has 138 valence electrons. The summed E-state index contributed by atoms with van der Waals surface area (Å²) in [6.45, 7) is 0. The van der Waals surface area contributed by atoms with Crippen molar-refractivity contribution in [3.05, 3.63) is 39.8 Å². The molecule has 2 aromatic rings. The zero-order valence-corrected chi connectivity index (χ0v) is 15.0. The van der Waals surface area contributed by atoms with Crippen molar-refractivity contribution in [3.8, 4) is 17.6 Å². The van der Waals surface area contributed by atoms with E-state index in [1.807, 2.05) is 0 Å². The fourth-order valence-corrected chi connectivity index (χ4v) is 4.02. The van der Waals surface area contributed by atoms with E-state index < -0.39 is 11.8 Å². The SMILES string of the molecule is N#Cc1c(NC(=O)C(=O)N/N=C\c2ccc(O)cc2O)sc2c1CCCC2. The van der Waals surface area contributed by atoms with Gasteiger partial charge in [-0.2, -0.15) is 10.4 Å². The first-order chi connectivity index (χ1) is 13.0. The van der Waals surface area contributed by atoms with E-state index >= 15 is 0 Å². The highest BCUT2D eigenvalue weighted by molar-refractivity contribution is 7.16. The molecule has 2 amide bonds. The maximum Gasteiger partial charge on any atom is 0.329 e. The number of rotatable bonds is 3. The van der Waals surface area contributed by atoms with Crippen LogP contribution < -0.4 is 10.7 Å². The van der Waals surface area contributed by atoms with Crippen LogP contribution in [-0.4, -0.2) is 28.2 Å². The molecule has 0 fully saturated rings. The van der Waals surface area contributed by atoms with Crippen molar-refractivity contribution >= 4 is 34.4 Å². The van der Waals surface area contributed by atoms with Crippen LogP contribution in [0.3, 0.4) is 0 Å². The number of fused-ring (bicyclic) bond motifs is 1. The lowest BCUT2D eigenvalue weighted by molar-refractivity contribution is -0.136. The number of nitrogens with one attached hydrogen (secondary N) is 2. The van der Waals surface area contributed by atoms with E-state index in [-0.39, 0.29) is 17.1 Å². The first-order valence-corrected chi connectivity index (χ1v) is 9.02. The average Bonchev–Trinajstić information content (AvgIpc) is 3.00. The molecule has 8 nitrogen and oxygen atoms in total. The zero-order chi connectivity index (χ0) is 19.4. The number of phenols is 2. The Kier molecular flexibility index (Phi) is 5.38. The number of amides is 2. The second-order valence-electron chi connectivity index (χ2n) is 5.92. The van der Waals surface area contributed by atoms with Crippen molar-refractivity contribution in [3.63, 3.8) is 0 Å². The number of hydrazone groups is 1. The van der Waals surface area contributed by atoms with Gasteiger partial charge in [0.05, 0.1) is 11.8 Å². The highest BCUT2D eigenvalue weighted by Crippen LogP contribution is 2.37. The van der Waals surface area contributed by atoms with Gasteiger partial charge in [0.15, 0.2) is 0 Å². The van der Waals surface area contributed by atoms with Gasteiger partial charge in [-0.15, -0.1) is 11.3 Å². The van der Waals surface area contributed by atoms with Crippen LogP contribution in [0.4, 0.5) is 5.00 Å². The van der Waals surface area contributed by atoms with Gasteiger partial charge in [-0.25, -0.2) is 5.43 Å². The third kappa shape index (κ3) is 4.07. The van der Waals surface area contributed by atoms with Crippen LogP contribution >= 0.6 is 11.3 Å². The lowest BCUT2D eigenvalue weighted by Crippen LogP contribution is -2.32. The normalized spacial score (nSPS) is 13.0. The number of aryl methyl sites for hydroxylation is 1. The topological polar surface area (TPSA) is 135 Å². The van der Waals surface area contributed by atoms with Crippen molar-refractivity contribution in [1.29, 1.82) is 5.26 Å². The Hall–Kier alpha value is -3.38. The van der Waals surface area contributed by atoms with Crippen LogP contribution in [0.5, 0.6) is 11.5 Å². The lowest BCUT2D eigenvalue weighted by atomic mass is 9.96. The molecule has 0 spiro atoms. The number of nitriles is 1. The summed E-state index contributed by atoms with van der Waals surface area (Å²) in [5.41, 5.74) is 3.70. The van der Waals surface area contributed by atoms with Crippen LogP contribution in [-0.2, 0) is 22.4 Å². The third-order valence-corrected chi connectivity index (χ3v) is 5.31. The number of carbonyl (C=O) groups excluding carboxylic acids is 2. The first kappa shape index (κ1) is 18.4. The molecule has 1 aromatic heterocycles. The van der Waals surface area contributed by atoms with Crippen molar-refractivity contribution in [2.45, 2.75) is 25.7 Å². The molecule has 0 atom stereocenters. The molecule has 3 rings (SSSR count). The molecule has 0 radical (unpaired) electrons. The molecule has 4 N–H and O–H groups in total. The average molecular weight is 384 g/mol. The zero-order valence-electron chi connectivity index (χ0n) is 14.2. The van der Waals surface area contributed by atoms with Crippen LogP contribution in [0.2, 0.25) is 0 Å². The summed E-state index contributed by atoms with van der Waals surface area (Å²) in [5.74, 6) is -2.27. The molecule has 1 aliphatic rings. The molecule has 9 heteroatoms.